The van der Waals surface area contributed by atoms with E-state index in [4.69, 9.17) is 18.0 Å². The molecule has 0 bridgehead atoms. The summed E-state index contributed by atoms with van der Waals surface area (Å²) < 4.78 is 25.3. The molecule has 0 aliphatic heterocycles. The van der Waals surface area contributed by atoms with Crippen LogP contribution in [0.1, 0.15) is 72.1 Å². The number of hydrogen-bond donors (Lipinski definition) is 0. The zero-order chi connectivity index (χ0) is 30.8. The number of rotatable bonds is 18. The second-order valence-corrected chi connectivity index (χ2v) is 28.7. The fourth-order valence-electron chi connectivity index (χ4n) is 5.51. The molecule has 1 saturated carbocycles. The van der Waals surface area contributed by atoms with Crippen LogP contribution in [0.3, 0.4) is 0 Å². The summed E-state index contributed by atoms with van der Waals surface area (Å²) in [6.07, 6.45) is 17.4. The van der Waals surface area contributed by atoms with Crippen molar-refractivity contribution in [3.63, 3.8) is 0 Å². The van der Waals surface area contributed by atoms with Crippen LogP contribution >= 0.6 is 0 Å². The molecule has 5 atom stereocenters. The predicted octanol–water partition coefficient (Wildman–Crippen LogP) is 9.35. The van der Waals surface area contributed by atoms with Gasteiger partial charge in [-0.25, -0.2) is 0 Å². The zero-order valence-corrected chi connectivity index (χ0v) is 31.4. The van der Waals surface area contributed by atoms with E-state index in [0.29, 0.717) is 12.3 Å². The maximum Gasteiger partial charge on any atom is 0.305 e. The van der Waals surface area contributed by atoms with Crippen molar-refractivity contribution >= 4 is 30.9 Å². The summed E-state index contributed by atoms with van der Waals surface area (Å²) in [4.78, 5) is 11.5. The molecule has 0 radical (unpaired) electrons. The Morgan fingerprint density at radius 1 is 0.900 bits per heavy atom. The standard InChI is InChI=1S/C32H64O5Si3/c1-14-15-24-32(2,3)30(37-40(11,12)13)23-22-27-26(20-18-16-17-19-21-31(33)34-4)28(35-38(5,6)7)25-29(27)36-39(8,9)10/h16,18,22-23,26-30H,14-15,17,19-21,24-25H2,1-13H3/b18-16+,23-22+. The SMILES string of the molecule is CCCCC(C)(C)C(/C=C/C1C(O[Si](C)(C)C)CC(O[Si](C)(C)C)C1C/C=C/CCCC(=O)OC)O[Si](C)(C)C. The highest BCUT2D eigenvalue weighted by molar-refractivity contribution is 6.70. The van der Waals surface area contributed by atoms with Crippen LogP contribution in [-0.2, 0) is 22.8 Å². The Bertz CT molecular complexity index is 805. The Kier molecular flexibility index (Phi) is 15.3. The van der Waals surface area contributed by atoms with Gasteiger partial charge in [0, 0.05) is 12.3 Å². The van der Waals surface area contributed by atoms with Crippen molar-refractivity contribution in [3.05, 3.63) is 24.3 Å². The van der Waals surface area contributed by atoms with Gasteiger partial charge in [-0.05, 0) is 102 Å². The fourth-order valence-corrected chi connectivity index (χ4v) is 9.01. The van der Waals surface area contributed by atoms with Gasteiger partial charge in [0.05, 0.1) is 25.4 Å². The summed E-state index contributed by atoms with van der Waals surface area (Å²) in [6, 6.07) is 0. The van der Waals surface area contributed by atoms with Crippen molar-refractivity contribution in [2.75, 3.05) is 7.11 Å². The smallest absolute Gasteiger partial charge is 0.305 e. The Labute approximate surface area is 251 Å². The van der Waals surface area contributed by atoms with Gasteiger partial charge in [0.2, 0.25) is 0 Å². The molecule has 0 amide bonds. The van der Waals surface area contributed by atoms with Crippen LogP contribution in [-0.4, -0.2) is 56.3 Å². The van der Waals surface area contributed by atoms with E-state index in [9.17, 15) is 4.79 Å². The second-order valence-electron chi connectivity index (χ2n) is 15.3. The van der Waals surface area contributed by atoms with E-state index >= 15 is 0 Å². The molecule has 0 N–H and O–H groups in total. The summed E-state index contributed by atoms with van der Waals surface area (Å²) in [5.74, 6) is 0.497. The minimum absolute atomic E-state index is 0.0732. The molecule has 234 valence electrons. The van der Waals surface area contributed by atoms with Crippen LogP contribution < -0.4 is 0 Å². The van der Waals surface area contributed by atoms with Gasteiger partial charge in [-0.2, -0.15) is 0 Å². The third-order valence-corrected chi connectivity index (χ3v) is 10.3. The van der Waals surface area contributed by atoms with Crippen molar-refractivity contribution in [2.45, 2.75) is 149 Å². The predicted molar refractivity (Wildman–Crippen MR) is 178 cm³/mol. The second kappa shape index (κ2) is 16.4. The molecule has 1 fully saturated rings. The number of hydrogen-bond acceptors (Lipinski definition) is 5. The highest BCUT2D eigenvalue weighted by atomic mass is 28.4. The maximum atomic E-state index is 11.5. The van der Waals surface area contributed by atoms with Crippen LogP contribution in [0.5, 0.6) is 0 Å². The molecule has 0 saturated heterocycles. The highest BCUT2D eigenvalue weighted by Gasteiger charge is 2.45. The fraction of sp³-hybridized carbons (Fsp3) is 0.844. The molecule has 0 spiro atoms. The van der Waals surface area contributed by atoms with E-state index in [1.54, 1.807) is 0 Å². The van der Waals surface area contributed by atoms with Crippen LogP contribution in [0.15, 0.2) is 24.3 Å². The minimum Gasteiger partial charge on any atom is -0.469 e. The third-order valence-electron chi connectivity index (χ3n) is 7.36. The lowest BCUT2D eigenvalue weighted by Crippen LogP contribution is -2.40. The number of carbonyl (C=O) groups excluding carboxylic acids is 1. The van der Waals surface area contributed by atoms with Gasteiger partial charge in [-0.1, -0.05) is 57.9 Å². The summed E-state index contributed by atoms with van der Waals surface area (Å²) >= 11 is 0. The largest absolute Gasteiger partial charge is 0.469 e. The molecule has 5 nitrogen and oxygen atoms in total. The molecule has 1 aliphatic carbocycles. The molecule has 5 unspecified atom stereocenters. The lowest BCUT2D eigenvalue weighted by molar-refractivity contribution is -0.140. The summed E-state index contributed by atoms with van der Waals surface area (Å²) in [6.45, 7) is 27.6. The Morgan fingerprint density at radius 3 is 2.02 bits per heavy atom. The average Bonchev–Trinajstić information content (AvgIpc) is 3.08. The average molecular weight is 613 g/mol. The molecular formula is C32H64O5Si3. The first-order valence-corrected chi connectivity index (χ1v) is 25.9. The van der Waals surface area contributed by atoms with Crippen molar-refractivity contribution < 1.29 is 22.8 Å². The van der Waals surface area contributed by atoms with E-state index < -0.39 is 25.0 Å². The molecule has 0 aromatic rings. The number of ether oxygens (including phenoxy) is 1. The van der Waals surface area contributed by atoms with Crippen molar-refractivity contribution in [3.8, 4) is 0 Å². The first kappa shape index (κ1) is 37.5. The first-order valence-electron chi connectivity index (χ1n) is 15.7. The number of unbranched alkanes of at least 4 members (excludes halogenated alkanes) is 2. The summed E-state index contributed by atoms with van der Waals surface area (Å²) in [5.41, 5.74) is 0.0732. The quantitative estimate of drug-likeness (QED) is 0.0668. The Hall–Kier alpha value is -0.519. The molecule has 1 aliphatic rings. The zero-order valence-electron chi connectivity index (χ0n) is 28.4. The van der Waals surface area contributed by atoms with Crippen LogP contribution in [0, 0.1) is 17.3 Å². The lowest BCUT2D eigenvalue weighted by Gasteiger charge is -2.37. The maximum absolute atomic E-state index is 11.5. The van der Waals surface area contributed by atoms with Crippen molar-refractivity contribution in [1.29, 1.82) is 0 Å². The third kappa shape index (κ3) is 15.1. The van der Waals surface area contributed by atoms with E-state index in [2.05, 4.69) is 104 Å². The monoisotopic (exact) mass is 612 g/mol. The normalized spacial score (nSPS) is 23.8. The number of allylic oxidation sites excluding steroid dienone is 2. The number of esters is 1. The summed E-state index contributed by atoms with van der Waals surface area (Å²) in [5, 5.41) is 0. The Balaban J connectivity index is 3.34. The molecule has 0 heterocycles. The van der Waals surface area contributed by atoms with Crippen LogP contribution in [0.25, 0.3) is 0 Å². The number of methoxy groups -OCH3 is 1. The van der Waals surface area contributed by atoms with Gasteiger partial charge in [-0.15, -0.1) is 0 Å². The number of carbonyl (C=O) groups is 1. The van der Waals surface area contributed by atoms with Gasteiger partial charge in [0.25, 0.3) is 0 Å². The van der Waals surface area contributed by atoms with Gasteiger partial charge < -0.3 is 18.0 Å². The van der Waals surface area contributed by atoms with E-state index in [1.807, 2.05) is 0 Å². The van der Waals surface area contributed by atoms with Crippen LogP contribution in [0.4, 0.5) is 0 Å². The molecular weight excluding hydrogens is 549 g/mol. The molecule has 8 heteroatoms. The van der Waals surface area contributed by atoms with Gasteiger partial charge >= 0.3 is 5.97 Å². The molecule has 0 aromatic heterocycles. The van der Waals surface area contributed by atoms with Gasteiger partial charge in [0.1, 0.15) is 0 Å². The minimum atomic E-state index is -1.76. The van der Waals surface area contributed by atoms with E-state index in [0.717, 1.165) is 32.1 Å². The molecule has 40 heavy (non-hydrogen) atoms. The van der Waals surface area contributed by atoms with E-state index in [-0.39, 0.29) is 35.6 Å². The lowest BCUT2D eigenvalue weighted by atomic mass is 9.80. The Morgan fingerprint density at radius 2 is 1.50 bits per heavy atom. The molecule has 1 rings (SSSR count). The first-order chi connectivity index (χ1) is 18.3. The summed E-state index contributed by atoms with van der Waals surface area (Å²) in [7, 11) is -3.80. The topological polar surface area (TPSA) is 54.0 Å². The molecule has 0 aromatic carbocycles. The van der Waals surface area contributed by atoms with Gasteiger partial charge in [-0.3, -0.25) is 4.79 Å². The van der Waals surface area contributed by atoms with Gasteiger partial charge in [0.15, 0.2) is 25.0 Å². The van der Waals surface area contributed by atoms with Crippen molar-refractivity contribution in [1.82, 2.24) is 0 Å². The highest BCUT2D eigenvalue weighted by Crippen LogP contribution is 2.43. The van der Waals surface area contributed by atoms with E-state index in [1.165, 1.54) is 20.0 Å². The van der Waals surface area contributed by atoms with Crippen molar-refractivity contribution in [2.24, 2.45) is 17.3 Å². The van der Waals surface area contributed by atoms with Crippen LogP contribution in [0.2, 0.25) is 58.9 Å².